The minimum absolute atomic E-state index is 0.816. The number of hydrogen-bond donors (Lipinski definition) is 1. The fraction of sp³-hybridized carbons (Fsp3) is 1.00. The molecule has 2 heteroatoms. The van der Waals surface area contributed by atoms with Gasteiger partial charge in [0.25, 0.3) is 0 Å². The Balaban J connectivity index is 1.99. The molecule has 0 aliphatic heterocycles. The third kappa shape index (κ3) is 5.58. The van der Waals surface area contributed by atoms with Gasteiger partial charge in [-0.2, -0.15) is 11.8 Å². The Morgan fingerprint density at radius 2 is 1.88 bits per heavy atom. The van der Waals surface area contributed by atoms with E-state index in [1.807, 2.05) is 0 Å². The largest absolute Gasteiger partial charge is 0.313 e. The topological polar surface area (TPSA) is 12.0 Å². The summed E-state index contributed by atoms with van der Waals surface area (Å²) < 4.78 is 0. The van der Waals surface area contributed by atoms with Gasteiger partial charge in [-0.3, -0.25) is 0 Å². The SMILES string of the molecule is CCCCCCCNC1CCCC1SCC. The summed E-state index contributed by atoms with van der Waals surface area (Å²) in [6.45, 7) is 5.81. The van der Waals surface area contributed by atoms with Crippen molar-refractivity contribution >= 4 is 11.8 Å². The van der Waals surface area contributed by atoms with Crippen LogP contribution in [0.4, 0.5) is 0 Å². The van der Waals surface area contributed by atoms with Gasteiger partial charge < -0.3 is 5.32 Å². The zero-order chi connectivity index (χ0) is 11.6. The van der Waals surface area contributed by atoms with Crippen LogP contribution >= 0.6 is 11.8 Å². The van der Waals surface area contributed by atoms with Crippen molar-refractivity contribution in [2.75, 3.05) is 12.3 Å². The van der Waals surface area contributed by atoms with Crippen molar-refractivity contribution in [3.63, 3.8) is 0 Å². The first-order valence-electron chi connectivity index (χ1n) is 7.23. The standard InChI is InChI=1S/C14H29NS/c1-3-5-6-7-8-12-15-13-10-9-11-14(13)16-4-2/h13-15H,3-12H2,1-2H3. The lowest BCUT2D eigenvalue weighted by Crippen LogP contribution is -2.34. The number of nitrogens with one attached hydrogen (secondary N) is 1. The van der Waals surface area contributed by atoms with E-state index in [0.29, 0.717) is 0 Å². The van der Waals surface area contributed by atoms with Crippen LogP contribution in [0.15, 0.2) is 0 Å². The van der Waals surface area contributed by atoms with Gasteiger partial charge in [0, 0.05) is 11.3 Å². The van der Waals surface area contributed by atoms with Crippen molar-refractivity contribution in [2.45, 2.75) is 76.5 Å². The van der Waals surface area contributed by atoms with E-state index in [4.69, 9.17) is 0 Å². The van der Waals surface area contributed by atoms with Gasteiger partial charge >= 0.3 is 0 Å². The quantitative estimate of drug-likeness (QED) is 0.609. The van der Waals surface area contributed by atoms with Crippen molar-refractivity contribution in [3.05, 3.63) is 0 Å². The number of unbranched alkanes of at least 4 members (excludes halogenated alkanes) is 4. The lowest BCUT2D eigenvalue weighted by Gasteiger charge is -2.20. The molecule has 0 aromatic heterocycles. The molecule has 0 spiro atoms. The van der Waals surface area contributed by atoms with Crippen LogP contribution in [0, 0.1) is 0 Å². The summed E-state index contributed by atoms with van der Waals surface area (Å²) in [5.41, 5.74) is 0. The molecule has 2 unspecified atom stereocenters. The predicted molar refractivity (Wildman–Crippen MR) is 76.3 cm³/mol. The molecule has 96 valence electrons. The summed E-state index contributed by atoms with van der Waals surface area (Å²) in [5.74, 6) is 1.28. The molecule has 0 aromatic carbocycles. The maximum Gasteiger partial charge on any atom is 0.0201 e. The normalized spacial score (nSPS) is 25.1. The Bertz CT molecular complexity index is 161. The van der Waals surface area contributed by atoms with Gasteiger partial charge in [0.1, 0.15) is 0 Å². The summed E-state index contributed by atoms with van der Waals surface area (Å²) in [5, 5.41) is 4.68. The molecule has 1 fully saturated rings. The number of hydrogen-bond acceptors (Lipinski definition) is 2. The predicted octanol–water partition coefficient (Wildman–Crippen LogP) is 4.22. The Kier molecular flexibility index (Phi) is 8.40. The summed E-state index contributed by atoms with van der Waals surface area (Å²) >= 11 is 2.16. The van der Waals surface area contributed by atoms with Gasteiger partial charge in [-0.1, -0.05) is 46.0 Å². The Labute approximate surface area is 106 Å². The van der Waals surface area contributed by atoms with E-state index in [-0.39, 0.29) is 0 Å². The van der Waals surface area contributed by atoms with Crippen LogP contribution in [0.3, 0.4) is 0 Å². The monoisotopic (exact) mass is 243 g/mol. The smallest absolute Gasteiger partial charge is 0.0201 e. The van der Waals surface area contributed by atoms with Crippen LogP contribution in [0.1, 0.15) is 65.2 Å². The molecular weight excluding hydrogens is 214 g/mol. The van der Waals surface area contributed by atoms with E-state index in [1.165, 1.54) is 63.7 Å². The first kappa shape index (κ1) is 14.4. The molecule has 0 aromatic rings. The van der Waals surface area contributed by atoms with Crippen molar-refractivity contribution < 1.29 is 0 Å². The maximum absolute atomic E-state index is 3.77. The molecule has 2 atom stereocenters. The van der Waals surface area contributed by atoms with E-state index in [1.54, 1.807) is 0 Å². The number of rotatable bonds is 9. The van der Waals surface area contributed by atoms with E-state index in [2.05, 4.69) is 30.9 Å². The van der Waals surface area contributed by atoms with Gasteiger partial charge in [0.2, 0.25) is 0 Å². The highest BCUT2D eigenvalue weighted by Crippen LogP contribution is 2.29. The summed E-state index contributed by atoms with van der Waals surface area (Å²) in [4.78, 5) is 0. The summed E-state index contributed by atoms with van der Waals surface area (Å²) in [6, 6.07) is 0.816. The van der Waals surface area contributed by atoms with Crippen molar-refractivity contribution in [1.29, 1.82) is 0 Å². The molecule has 1 N–H and O–H groups in total. The van der Waals surface area contributed by atoms with E-state index < -0.39 is 0 Å². The van der Waals surface area contributed by atoms with E-state index in [0.717, 1.165) is 11.3 Å². The lowest BCUT2D eigenvalue weighted by molar-refractivity contribution is 0.505. The molecule has 0 radical (unpaired) electrons. The highest BCUT2D eigenvalue weighted by Gasteiger charge is 2.25. The molecule has 1 rings (SSSR count). The molecule has 1 nitrogen and oxygen atoms in total. The van der Waals surface area contributed by atoms with Crippen LogP contribution in [-0.2, 0) is 0 Å². The Morgan fingerprint density at radius 3 is 2.62 bits per heavy atom. The van der Waals surface area contributed by atoms with E-state index in [9.17, 15) is 0 Å². The second kappa shape index (κ2) is 9.35. The maximum atomic E-state index is 3.77. The van der Waals surface area contributed by atoms with Crippen molar-refractivity contribution in [3.8, 4) is 0 Å². The molecule has 0 heterocycles. The summed E-state index contributed by atoms with van der Waals surface area (Å²) in [6.07, 6.45) is 11.3. The average Bonchev–Trinajstić information content (AvgIpc) is 2.72. The molecule has 0 bridgehead atoms. The second-order valence-electron chi connectivity index (χ2n) is 4.90. The van der Waals surface area contributed by atoms with Crippen LogP contribution < -0.4 is 5.32 Å². The fourth-order valence-corrected chi connectivity index (χ4v) is 3.82. The zero-order valence-electron chi connectivity index (χ0n) is 11.1. The number of thioether (sulfide) groups is 1. The van der Waals surface area contributed by atoms with E-state index >= 15 is 0 Å². The van der Waals surface area contributed by atoms with Crippen LogP contribution in [-0.4, -0.2) is 23.6 Å². The molecule has 0 saturated heterocycles. The third-order valence-corrected chi connectivity index (χ3v) is 4.85. The first-order valence-corrected chi connectivity index (χ1v) is 8.28. The average molecular weight is 243 g/mol. The lowest BCUT2D eigenvalue weighted by atomic mass is 10.1. The zero-order valence-corrected chi connectivity index (χ0v) is 12.0. The molecule has 16 heavy (non-hydrogen) atoms. The van der Waals surface area contributed by atoms with Gasteiger partial charge in [0.05, 0.1) is 0 Å². The van der Waals surface area contributed by atoms with Crippen LogP contribution in [0.25, 0.3) is 0 Å². The van der Waals surface area contributed by atoms with Crippen LogP contribution in [0.5, 0.6) is 0 Å². The van der Waals surface area contributed by atoms with Gasteiger partial charge in [0.15, 0.2) is 0 Å². The first-order chi connectivity index (χ1) is 7.88. The van der Waals surface area contributed by atoms with Crippen LogP contribution in [0.2, 0.25) is 0 Å². The van der Waals surface area contributed by atoms with Crippen molar-refractivity contribution in [2.24, 2.45) is 0 Å². The summed E-state index contributed by atoms with van der Waals surface area (Å²) in [7, 11) is 0. The second-order valence-corrected chi connectivity index (χ2v) is 6.42. The molecule has 0 amide bonds. The molecule has 1 aliphatic rings. The third-order valence-electron chi connectivity index (χ3n) is 3.52. The minimum Gasteiger partial charge on any atom is -0.313 e. The molecular formula is C14H29NS. The minimum atomic E-state index is 0.816. The Hall–Kier alpha value is 0.310. The molecule has 1 aliphatic carbocycles. The van der Waals surface area contributed by atoms with Gasteiger partial charge in [-0.15, -0.1) is 0 Å². The Morgan fingerprint density at radius 1 is 1.06 bits per heavy atom. The van der Waals surface area contributed by atoms with Gasteiger partial charge in [-0.25, -0.2) is 0 Å². The molecule has 1 saturated carbocycles. The highest BCUT2D eigenvalue weighted by atomic mass is 32.2. The fourth-order valence-electron chi connectivity index (χ4n) is 2.59. The van der Waals surface area contributed by atoms with Crippen molar-refractivity contribution in [1.82, 2.24) is 5.32 Å². The highest BCUT2D eigenvalue weighted by molar-refractivity contribution is 7.99. The van der Waals surface area contributed by atoms with Gasteiger partial charge in [-0.05, 0) is 31.6 Å².